The van der Waals surface area contributed by atoms with E-state index < -0.39 is 24.5 Å². The molecule has 0 aliphatic rings. The third-order valence-electron chi connectivity index (χ3n) is 3.12. The Kier molecular flexibility index (Phi) is 7.59. The first-order chi connectivity index (χ1) is 13.1. The highest BCUT2D eigenvalue weighted by atomic mass is 16.5. The number of para-hydroxylation sites is 3. The van der Waals surface area contributed by atoms with Crippen molar-refractivity contribution in [2.45, 2.75) is 6.92 Å². The van der Waals surface area contributed by atoms with E-state index in [1.54, 1.807) is 43.3 Å². The summed E-state index contributed by atoms with van der Waals surface area (Å²) in [7, 11) is 0. The molecule has 7 heteroatoms. The molecule has 0 fully saturated rings. The van der Waals surface area contributed by atoms with E-state index >= 15 is 0 Å². The number of carbonyl (C=O) groups excluding carboxylic acids is 3. The minimum Gasteiger partial charge on any atom is -0.463 e. The average molecular weight is 369 g/mol. The van der Waals surface area contributed by atoms with Gasteiger partial charge in [0.15, 0.2) is 12.4 Å². The Morgan fingerprint density at radius 1 is 0.889 bits per heavy atom. The molecule has 27 heavy (non-hydrogen) atoms. The number of amides is 1. The Morgan fingerprint density at radius 3 is 2.22 bits per heavy atom. The Balaban J connectivity index is 1.89. The highest BCUT2D eigenvalue weighted by Crippen LogP contribution is 2.28. The molecular weight excluding hydrogens is 350 g/mol. The summed E-state index contributed by atoms with van der Waals surface area (Å²) in [5.41, 5.74) is 0.435. The maximum atomic E-state index is 12.0. The first-order valence-corrected chi connectivity index (χ1v) is 8.22. The molecule has 0 unspecified atom stereocenters. The summed E-state index contributed by atoms with van der Waals surface area (Å²) in [5.74, 6) is -0.963. The van der Waals surface area contributed by atoms with Crippen molar-refractivity contribution >= 4 is 23.5 Å². The van der Waals surface area contributed by atoms with Crippen LogP contribution in [0.5, 0.6) is 11.5 Å². The topological polar surface area (TPSA) is 90.9 Å². The number of rotatable bonds is 8. The number of hydrogen-bond donors (Lipinski definition) is 1. The molecule has 0 bridgehead atoms. The maximum Gasteiger partial charge on any atom is 0.331 e. The van der Waals surface area contributed by atoms with E-state index in [1.807, 2.05) is 18.2 Å². The Labute approximate surface area is 156 Å². The van der Waals surface area contributed by atoms with Gasteiger partial charge in [-0.25, -0.2) is 9.59 Å². The van der Waals surface area contributed by atoms with Crippen LogP contribution in [0.1, 0.15) is 6.92 Å². The summed E-state index contributed by atoms with van der Waals surface area (Å²) in [4.78, 5) is 34.6. The molecule has 1 amide bonds. The number of nitrogens with one attached hydrogen (secondary N) is 1. The number of ether oxygens (including phenoxy) is 3. The van der Waals surface area contributed by atoms with Crippen LogP contribution in [0.15, 0.2) is 66.7 Å². The minimum atomic E-state index is -0.827. The molecule has 0 heterocycles. The lowest BCUT2D eigenvalue weighted by Gasteiger charge is -2.12. The second-order valence-electron chi connectivity index (χ2n) is 5.15. The lowest BCUT2D eigenvalue weighted by Crippen LogP contribution is -2.20. The molecular formula is C20H19NO6. The van der Waals surface area contributed by atoms with E-state index in [0.29, 0.717) is 17.2 Å². The van der Waals surface area contributed by atoms with E-state index in [9.17, 15) is 14.4 Å². The number of carbonyl (C=O) groups is 3. The highest BCUT2D eigenvalue weighted by Gasteiger charge is 2.10. The smallest absolute Gasteiger partial charge is 0.331 e. The molecule has 1 N–H and O–H groups in total. The molecule has 0 atom stereocenters. The standard InChI is InChI=1S/C20H19NO6/c1-2-25-19(23)12-13-20(24)26-14-18(22)21-16-10-6-7-11-17(16)27-15-8-4-3-5-9-15/h3-13H,2,14H2,1H3,(H,21,22)/b13-12+. The van der Waals surface area contributed by atoms with Gasteiger partial charge in [0.25, 0.3) is 5.91 Å². The lowest BCUT2D eigenvalue weighted by atomic mass is 10.3. The van der Waals surface area contributed by atoms with Crippen LogP contribution >= 0.6 is 0 Å². The number of esters is 2. The third-order valence-corrected chi connectivity index (χ3v) is 3.12. The monoisotopic (exact) mass is 369 g/mol. The molecule has 0 saturated heterocycles. The second kappa shape index (κ2) is 10.4. The zero-order valence-corrected chi connectivity index (χ0v) is 14.7. The minimum absolute atomic E-state index is 0.199. The quantitative estimate of drug-likeness (QED) is 0.568. The van der Waals surface area contributed by atoms with Crippen LogP contribution in [0.3, 0.4) is 0 Å². The maximum absolute atomic E-state index is 12.0. The zero-order valence-electron chi connectivity index (χ0n) is 14.7. The molecule has 0 aliphatic carbocycles. The SMILES string of the molecule is CCOC(=O)/C=C/C(=O)OCC(=O)Nc1ccccc1Oc1ccccc1. The first-order valence-electron chi connectivity index (χ1n) is 8.22. The van der Waals surface area contributed by atoms with Crippen LogP contribution in [0.25, 0.3) is 0 Å². The van der Waals surface area contributed by atoms with Crippen molar-refractivity contribution in [1.29, 1.82) is 0 Å². The van der Waals surface area contributed by atoms with Crippen LogP contribution in [0, 0.1) is 0 Å². The molecule has 2 aromatic rings. The van der Waals surface area contributed by atoms with Crippen molar-refractivity contribution < 1.29 is 28.6 Å². The summed E-state index contributed by atoms with van der Waals surface area (Å²) in [6, 6.07) is 16.0. The van der Waals surface area contributed by atoms with Crippen LogP contribution in [0.2, 0.25) is 0 Å². The van der Waals surface area contributed by atoms with Crippen molar-refractivity contribution in [3.05, 3.63) is 66.7 Å². The van der Waals surface area contributed by atoms with Gasteiger partial charge in [0.2, 0.25) is 0 Å². The predicted octanol–water partition coefficient (Wildman–Crippen LogP) is 3.08. The van der Waals surface area contributed by atoms with E-state index in [-0.39, 0.29) is 6.61 Å². The van der Waals surface area contributed by atoms with Crippen LogP contribution in [-0.2, 0) is 23.9 Å². The van der Waals surface area contributed by atoms with Crippen molar-refractivity contribution in [3.63, 3.8) is 0 Å². The summed E-state index contributed by atoms with van der Waals surface area (Å²) >= 11 is 0. The van der Waals surface area contributed by atoms with Gasteiger partial charge in [-0.3, -0.25) is 4.79 Å². The van der Waals surface area contributed by atoms with Gasteiger partial charge < -0.3 is 19.5 Å². The van der Waals surface area contributed by atoms with Crippen LogP contribution < -0.4 is 10.1 Å². The molecule has 0 aromatic heterocycles. The lowest BCUT2D eigenvalue weighted by molar-refractivity contribution is -0.143. The van der Waals surface area contributed by atoms with E-state index in [2.05, 4.69) is 10.1 Å². The van der Waals surface area contributed by atoms with Gasteiger partial charge in [0.1, 0.15) is 5.75 Å². The van der Waals surface area contributed by atoms with Gasteiger partial charge >= 0.3 is 11.9 Å². The van der Waals surface area contributed by atoms with Gasteiger partial charge in [-0.15, -0.1) is 0 Å². The highest BCUT2D eigenvalue weighted by molar-refractivity contribution is 5.96. The van der Waals surface area contributed by atoms with Crippen molar-refractivity contribution in [3.8, 4) is 11.5 Å². The van der Waals surface area contributed by atoms with Crippen LogP contribution in [-0.4, -0.2) is 31.1 Å². The van der Waals surface area contributed by atoms with Crippen molar-refractivity contribution in [2.24, 2.45) is 0 Å². The van der Waals surface area contributed by atoms with Gasteiger partial charge in [-0.1, -0.05) is 30.3 Å². The summed E-state index contributed by atoms with van der Waals surface area (Å²) in [6.07, 6.45) is 1.84. The fourth-order valence-electron chi connectivity index (χ4n) is 1.97. The first kappa shape index (κ1) is 19.7. The molecule has 0 spiro atoms. The van der Waals surface area contributed by atoms with E-state index in [1.165, 1.54) is 0 Å². The van der Waals surface area contributed by atoms with Gasteiger partial charge in [-0.05, 0) is 31.2 Å². The van der Waals surface area contributed by atoms with Gasteiger partial charge in [0.05, 0.1) is 12.3 Å². The normalized spacial score (nSPS) is 10.3. The predicted molar refractivity (Wildman–Crippen MR) is 98.3 cm³/mol. The fraction of sp³-hybridized carbons (Fsp3) is 0.150. The Hall–Kier alpha value is -3.61. The Bertz CT molecular complexity index is 816. The zero-order chi connectivity index (χ0) is 19.5. The molecule has 2 aromatic carbocycles. The number of anilines is 1. The van der Waals surface area contributed by atoms with Crippen LogP contribution in [0.4, 0.5) is 5.69 Å². The summed E-state index contributed by atoms with van der Waals surface area (Å²) in [5, 5.41) is 2.61. The van der Waals surface area contributed by atoms with Crippen molar-refractivity contribution in [1.82, 2.24) is 0 Å². The van der Waals surface area contributed by atoms with Gasteiger partial charge in [0, 0.05) is 12.2 Å². The second-order valence-corrected chi connectivity index (χ2v) is 5.15. The largest absolute Gasteiger partial charge is 0.463 e. The summed E-state index contributed by atoms with van der Waals surface area (Å²) < 4.78 is 15.1. The fourth-order valence-corrected chi connectivity index (χ4v) is 1.97. The molecule has 0 aliphatic heterocycles. The summed E-state index contributed by atoms with van der Waals surface area (Å²) in [6.45, 7) is 1.34. The molecule has 0 radical (unpaired) electrons. The van der Waals surface area contributed by atoms with Gasteiger partial charge in [-0.2, -0.15) is 0 Å². The van der Waals surface area contributed by atoms with Crippen molar-refractivity contribution in [2.75, 3.05) is 18.5 Å². The third kappa shape index (κ3) is 7.03. The van der Waals surface area contributed by atoms with E-state index in [0.717, 1.165) is 12.2 Å². The molecule has 7 nitrogen and oxygen atoms in total. The Morgan fingerprint density at radius 2 is 1.52 bits per heavy atom. The molecule has 0 saturated carbocycles. The molecule has 140 valence electrons. The average Bonchev–Trinajstić information content (AvgIpc) is 2.67. The number of benzene rings is 2. The molecule has 2 rings (SSSR count). The van der Waals surface area contributed by atoms with E-state index in [4.69, 9.17) is 9.47 Å². The number of hydrogen-bond acceptors (Lipinski definition) is 6.